The summed E-state index contributed by atoms with van der Waals surface area (Å²) in [6.07, 6.45) is 1.86. The van der Waals surface area contributed by atoms with Crippen molar-refractivity contribution >= 4 is 16.9 Å². The molecule has 2 rings (SSSR count). The molecule has 3 N–H and O–H groups in total. The minimum absolute atomic E-state index is 0.268. The standard InChI is InChI=1S/C14H18N2O2/c1-8(2)16-7-10(13(15)14(17)18)12-9(3)5-4-6-11(12)16/h4-8,13H,15H2,1-3H3,(H,17,18). The van der Waals surface area contributed by atoms with Crippen molar-refractivity contribution in [2.24, 2.45) is 5.73 Å². The highest BCUT2D eigenvalue weighted by atomic mass is 16.4. The number of benzene rings is 1. The molecule has 2 aromatic rings. The fourth-order valence-electron chi connectivity index (χ4n) is 2.32. The second-order valence-corrected chi connectivity index (χ2v) is 4.87. The van der Waals surface area contributed by atoms with Gasteiger partial charge in [0.15, 0.2) is 0 Å². The van der Waals surface area contributed by atoms with Crippen LogP contribution in [0.4, 0.5) is 0 Å². The lowest BCUT2D eigenvalue weighted by molar-refractivity contribution is -0.138. The Kier molecular flexibility index (Phi) is 3.13. The van der Waals surface area contributed by atoms with E-state index in [0.717, 1.165) is 16.5 Å². The number of aliphatic carboxylic acids is 1. The third kappa shape index (κ3) is 1.88. The Balaban J connectivity index is 2.78. The summed E-state index contributed by atoms with van der Waals surface area (Å²) >= 11 is 0. The van der Waals surface area contributed by atoms with Crippen LogP contribution in [-0.2, 0) is 4.79 Å². The largest absolute Gasteiger partial charge is 0.480 e. The van der Waals surface area contributed by atoms with E-state index in [9.17, 15) is 4.79 Å². The van der Waals surface area contributed by atoms with Gasteiger partial charge in [0, 0.05) is 28.7 Å². The number of nitrogens with zero attached hydrogens (tertiary/aromatic N) is 1. The zero-order valence-corrected chi connectivity index (χ0v) is 10.8. The number of aromatic nitrogens is 1. The summed E-state index contributed by atoms with van der Waals surface area (Å²) < 4.78 is 2.07. The Bertz CT molecular complexity index is 599. The molecule has 4 heteroatoms. The lowest BCUT2D eigenvalue weighted by Crippen LogP contribution is -2.20. The van der Waals surface area contributed by atoms with Gasteiger partial charge in [0.25, 0.3) is 0 Å². The fraction of sp³-hybridized carbons (Fsp3) is 0.357. The lowest BCUT2D eigenvalue weighted by Gasteiger charge is -2.09. The minimum atomic E-state index is -0.999. The SMILES string of the molecule is Cc1cccc2c1c(C(N)C(=O)O)cn2C(C)C. The molecule has 1 unspecified atom stereocenters. The number of rotatable bonds is 3. The van der Waals surface area contributed by atoms with Gasteiger partial charge in [0.2, 0.25) is 0 Å². The second-order valence-electron chi connectivity index (χ2n) is 4.87. The molecule has 1 aromatic carbocycles. The van der Waals surface area contributed by atoms with E-state index in [1.807, 2.05) is 31.3 Å². The molecule has 0 bridgehead atoms. The highest BCUT2D eigenvalue weighted by Gasteiger charge is 2.21. The third-order valence-corrected chi connectivity index (χ3v) is 3.25. The minimum Gasteiger partial charge on any atom is -0.480 e. The average Bonchev–Trinajstić information content (AvgIpc) is 2.68. The predicted molar refractivity (Wildman–Crippen MR) is 71.6 cm³/mol. The monoisotopic (exact) mass is 246 g/mol. The summed E-state index contributed by atoms with van der Waals surface area (Å²) in [5, 5.41) is 10.1. The first-order valence-electron chi connectivity index (χ1n) is 6.02. The van der Waals surface area contributed by atoms with Gasteiger partial charge in [-0.05, 0) is 32.4 Å². The summed E-state index contributed by atoms with van der Waals surface area (Å²) in [7, 11) is 0. The van der Waals surface area contributed by atoms with Crippen LogP contribution in [0.2, 0.25) is 0 Å². The first kappa shape index (κ1) is 12.6. The van der Waals surface area contributed by atoms with Crippen molar-refractivity contribution in [3.63, 3.8) is 0 Å². The van der Waals surface area contributed by atoms with Gasteiger partial charge in [-0.15, -0.1) is 0 Å². The Morgan fingerprint density at radius 2 is 2.06 bits per heavy atom. The van der Waals surface area contributed by atoms with Crippen molar-refractivity contribution in [2.75, 3.05) is 0 Å². The van der Waals surface area contributed by atoms with Crippen molar-refractivity contribution in [2.45, 2.75) is 32.9 Å². The van der Waals surface area contributed by atoms with Crippen LogP contribution in [0.15, 0.2) is 24.4 Å². The lowest BCUT2D eigenvalue weighted by atomic mass is 10.0. The molecular formula is C14H18N2O2. The van der Waals surface area contributed by atoms with Crippen molar-refractivity contribution < 1.29 is 9.90 Å². The maximum absolute atomic E-state index is 11.1. The highest BCUT2D eigenvalue weighted by molar-refractivity contribution is 5.91. The molecule has 0 fully saturated rings. The van der Waals surface area contributed by atoms with Gasteiger partial charge in [-0.25, -0.2) is 0 Å². The number of carboxylic acids is 1. The zero-order chi connectivity index (χ0) is 13.4. The van der Waals surface area contributed by atoms with Crippen LogP contribution in [0.1, 0.15) is 37.1 Å². The molecule has 0 radical (unpaired) electrons. The highest BCUT2D eigenvalue weighted by Crippen LogP contribution is 2.30. The van der Waals surface area contributed by atoms with Crippen LogP contribution in [0.25, 0.3) is 10.9 Å². The summed E-state index contributed by atoms with van der Waals surface area (Å²) in [6, 6.07) is 5.25. The van der Waals surface area contributed by atoms with Gasteiger partial charge in [-0.2, -0.15) is 0 Å². The van der Waals surface area contributed by atoms with Crippen LogP contribution in [0, 0.1) is 6.92 Å². The molecule has 96 valence electrons. The second kappa shape index (κ2) is 4.46. The van der Waals surface area contributed by atoms with Crippen molar-refractivity contribution in [1.29, 1.82) is 0 Å². The Morgan fingerprint density at radius 1 is 1.39 bits per heavy atom. The van der Waals surface area contributed by atoms with E-state index < -0.39 is 12.0 Å². The van der Waals surface area contributed by atoms with E-state index in [0.29, 0.717) is 5.56 Å². The van der Waals surface area contributed by atoms with E-state index in [-0.39, 0.29) is 6.04 Å². The summed E-state index contributed by atoms with van der Waals surface area (Å²) in [5.74, 6) is -0.999. The molecule has 0 aliphatic heterocycles. The predicted octanol–water partition coefficient (Wildman–Crippen LogP) is 2.62. The van der Waals surface area contributed by atoms with Crippen LogP contribution in [0.3, 0.4) is 0 Å². The van der Waals surface area contributed by atoms with Crippen molar-refractivity contribution in [1.82, 2.24) is 4.57 Å². The quantitative estimate of drug-likeness (QED) is 0.874. The van der Waals surface area contributed by atoms with Crippen LogP contribution >= 0.6 is 0 Å². The number of carbonyl (C=O) groups is 1. The molecule has 4 nitrogen and oxygen atoms in total. The fourth-order valence-corrected chi connectivity index (χ4v) is 2.32. The number of carboxylic acid groups (broad SMARTS) is 1. The van der Waals surface area contributed by atoms with Crippen LogP contribution in [0.5, 0.6) is 0 Å². The van der Waals surface area contributed by atoms with Gasteiger partial charge in [0.1, 0.15) is 6.04 Å². The maximum Gasteiger partial charge on any atom is 0.325 e. The van der Waals surface area contributed by atoms with E-state index in [1.165, 1.54) is 0 Å². The molecule has 0 saturated carbocycles. The van der Waals surface area contributed by atoms with Gasteiger partial charge < -0.3 is 15.4 Å². The molecule has 1 heterocycles. The normalized spacial score (nSPS) is 13.2. The summed E-state index contributed by atoms with van der Waals surface area (Å²) in [4.78, 5) is 11.1. The van der Waals surface area contributed by atoms with E-state index >= 15 is 0 Å². The Hall–Kier alpha value is -1.81. The first-order valence-corrected chi connectivity index (χ1v) is 6.02. The number of hydrogen-bond acceptors (Lipinski definition) is 2. The summed E-state index contributed by atoms with van der Waals surface area (Å²) in [5.41, 5.74) is 8.55. The van der Waals surface area contributed by atoms with E-state index in [1.54, 1.807) is 0 Å². The third-order valence-electron chi connectivity index (χ3n) is 3.25. The first-order chi connectivity index (χ1) is 8.43. The molecule has 0 amide bonds. The topological polar surface area (TPSA) is 68.2 Å². The maximum atomic E-state index is 11.1. The number of hydrogen-bond donors (Lipinski definition) is 2. The smallest absolute Gasteiger partial charge is 0.325 e. The molecule has 18 heavy (non-hydrogen) atoms. The molecule has 1 atom stereocenters. The number of aryl methyl sites for hydroxylation is 1. The summed E-state index contributed by atoms with van der Waals surface area (Å²) in [6.45, 7) is 6.11. The van der Waals surface area contributed by atoms with Crippen molar-refractivity contribution in [3.8, 4) is 0 Å². The van der Waals surface area contributed by atoms with Gasteiger partial charge in [-0.3, -0.25) is 4.79 Å². The van der Waals surface area contributed by atoms with Gasteiger partial charge >= 0.3 is 5.97 Å². The molecule has 1 aromatic heterocycles. The number of fused-ring (bicyclic) bond motifs is 1. The number of nitrogens with two attached hydrogens (primary N) is 1. The average molecular weight is 246 g/mol. The molecule has 0 aliphatic rings. The van der Waals surface area contributed by atoms with Gasteiger partial charge in [0.05, 0.1) is 0 Å². The Morgan fingerprint density at radius 3 is 2.61 bits per heavy atom. The van der Waals surface area contributed by atoms with Crippen LogP contribution in [-0.4, -0.2) is 15.6 Å². The Labute approximate surface area is 106 Å². The van der Waals surface area contributed by atoms with E-state index in [4.69, 9.17) is 10.8 Å². The molecule has 0 saturated heterocycles. The van der Waals surface area contributed by atoms with Crippen LogP contribution < -0.4 is 5.73 Å². The zero-order valence-electron chi connectivity index (χ0n) is 10.8. The van der Waals surface area contributed by atoms with Gasteiger partial charge in [-0.1, -0.05) is 12.1 Å². The molecular weight excluding hydrogens is 228 g/mol. The molecule has 0 spiro atoms. The van der Waals surface area contributed by atoms with Crippen molar-refractivity contribution in [3.05, 3.63) is 35.5 Å². The molecule has 0 aliphatic carbocycles. The van der Waals surface area contributed by atoms with E-state index in [2.05, 4.69) is 18.4 Å².